The van der Waals surface area contributed by atoms with Crippen LogP contribution in [0.25, 0.3) is 0 Å². The van der Waals surface area contributed by atoms with Gasteiger partial charge in [0.25, 0.3) is 0 Å². The van der Waals surface area contributed by atoms with Crippen LogP contribution in [0.4, 0.5) is 4.39 Å². The Kier molecular flexibility index (Phi) is 3.91. The van der Waals surface area contributed by atoms with Gasteiger partial charge < -0.3 is 0 Å². The maximum absolute atomic E-state index is 13.3. The molecule has 5 heteroatoms. The van der Waals surface area contributed by atoms with Gasteiger partial charge in [-0.15, -0.1) is 0 Å². The molecule has 0 aliphatic carbocycles. The summed E-state index contributed by atoms with van der Waals surface area (Å²) in [6.45, 7) is 0. The lowest BCUT2D eigenvalue weighted by molar-refractivity contribution is 0.111. The summed E-state index contributed by atoms with van der Waals surface area (Å²) >= 11 is 4.54. The monoisotopic (exact) mass is 311 g/mol. The number of hydrogen-bond donors (Lipinski definition) is 0. The highest BCUT2D eigenvalue weighted by molar-refractivity contribution is 9.10. The van der Waals surface area contributed by atoms with Gasteiger partial charge in [-0.3, -0.25) is 4.79 Å². The van der Waals surface area contributed by atoms with Crippen molar-refractivity contribution in [2.45, 2.75) is 9.92 Å². The molecule has 0 bridgehead atoms. The van der Waals surface area contributed by atoms with E-state index in [1.807, 2.05) is 6.07 Å². The van der Waals surface area contributed by atoms with Gasteiger partial charge >= 0.3 is 0 Å². The normalized spacial score (nSPS) is 10.2. The van der Waals surface area contributed by atoms with Crippen molar-refractivity contribution >= 4 is 34.0 Å². The summed E-state index contributed by atoms with van der Waals surface area (Å²) in [5.41, 5.74) is 0.0715. The van der Waals surface area contributed by atoms with Crippen molar-refractivity contribution in [3.05, 3.63) is 52.4 Å². The number of pyridine rings is 1. The van der Waals surface area contributed by atoms with E-state index in [0.717, 1.165) is 4.47 Å². The highest BCUT2D eigenvalue weighted by Crippen LogP contribution is 2.29. The van der Waals surface area contributed by atoms with Crippen LogP contribution in [-0.2, 0) is 0 Å². The van der Waals surface area contributed by atoms with Gasteiger partial charge in [-0.05, 0) is 40.2 Å². The Morgan fingerprint density at radius 1 is 1.29 bits per heavy atom. The molecule has 0 aliphatic rings. The number of aldehydes is 1. The Morgan fingerprint density at radius 2 is 2.12 bits per heavy atom. The molecule has 0 atom stereocenters. The van der Waals surface area contributed by atoms with E-state index in [9.17, 15) is 9.18 Å². The third-order valence-corrected chi connectivity index (χ3v) is 3.54. The lowest BCUT2D eigenvalue weighted by Crippen LogP contribution is -1.91. The second-order valence-corrected chi connectivity index (χ2v) is 5.16. The lowest BCUT2D eigenvalue weighted by Gasteiger charge is -2.04. The van der Waals surface area contributed by atoms with Crippen molar-refractivity contribution < 1.29 is 9.18 Å². The largest absolute Gasteiger partial charge is 0.298 e. The van der Waals surface area contributed by atoms with E-state index in [-0.39, 0.29) is 5.56 Å². The summed E-state index contributed by atoms with van der Waals surface area (Å²) in [7, 11) is 0. The summed E-state index contributed by atoms with van der Waals surface area (Å²) in [4.78, 5) is 15.5. The van der Waals surface area contributed by atoms with Crippen LogP contribution in [0.5, 0.6) is 0 Å². The van der Waals surface area contributed by atoms with Gasteiger partial charge in [0.15, 0.2) is 6.29 Å². The molecule has 0 unspecified atom stereocenters. The molecule has 1 aromatic heterocycles. The van der Waals surface area contributed by atoms with Crippen molar-refractivity contribution in [2.24, 2.45) is 0 Å². The molecule has 2 rings (SSSR count). The number of benzene rings is 1. The molecule has 0 radical (unpaired) electrons. The first-order chi connectivity index (χ1) is 8.20. The molecule has 2 aromatic rings. The SMILES string of the molecule is O=Cc1c(F)cccc1Sc1ccc(Br)cn1. The summed E-state index contributed by atoms with van der Waals surface area (Å²) in [6, 6.07) is 8.18. The first kappa shape index (κ1) is 12.3. The number of nitrogens with zero attached hydrogens (tertiary/aromatic N) is 1. The first-order valence-electron chi connectivity index (χ1n) is 4.74. The zero-order valence-electron chi connectivity index (χ0n) is 8.56. The van der Waals surface area contributed by atoms with Gasteiger partial charge in [0, 0.05) is 15.6 Å². The predicted molar refractivity (Wildman–Crippen MR) is 67.8 cm³/mol. The van der Waals surface area contributed by atoms with Gasteiger partial charge in [-0.1, -0.05) is 17.8 Å². The maximum atomic E-state index is 13.3. The molecule has 2 nitrogen and oxygen atoms in total. The summed E-state index contributed by atoms with van der Waals surface area (Å²) in [5.74, 6) is -0.512. The van der Waals surface area contributed by atoms with Gasteiger partial charge in [-0.25, -0.2) is 9.37 Å². The van der Waals surface area contributed by atoms with Crippen molar-refractivity contribution in [2.75, 3.05) is 0 Å². The lowest BCUT2D eigenvalue weighted by atomic mass is 10.2. The fourth-order valence-electron chi connectivity index (χ4n) is 1.26. The van der Waals surface area contributed by atoms with Crippen molar-refractivity contribution in [3.63, 3.8) is 0 Å². The highest BCUT2D eigenvalue weighted by atomic mass is 79.9. The number of aromatic nitrogens is 1. The molecular formula is C12H7BrFNOS. The van der Waals surface area contributed by atoms with Gasteiger partial charge in [0.1, 0.15) is 10.8 Å². The van der Waals surface area contributed by atoms with Crippen molar-refractivity contribution in [3.8, 4) is 0 Å². The van der Waals surface area contributed by atoms with E-state index in [0.29, 0.717) is 16.2 Å². The second kappa shape index (κ2) is 5.42. The van der Waals surface area contributed by atoms with Crippen LogP contribution in [-0.4, -0.2) is 11.3 Å². The Morgan fingerprint density at radius 3 is 2.76 bits per heavy atom. The average Bonchev–Trinajstić information content (AvgIpc) is 2.32. The van der Waals surface area contributed by atoms with E-state index < -0.39 is 5.82 Å². The minimum atomic E-state index is -0.512. The van der Waals surface area contributed by atoms with E-state index in [1.54, 1.807) is 24.4 Å². The Labute approximate surface area is 110 Å². The smallest absolute Gasteiger partial charge is 0.154 e. The minimum absolute atomic E-state index is 0.0715. The Balaban J connectivity index is 2.33. The zero-order chi connectivity index (χ0) is 12.3. The van der Waals surface area contributed by atoms with E-state index in [1.165, 1.54) is 17.8 Å². The molecular weight excluding hydrogens is 305 g/mol. The second-order valence-electron chi connectivity index (χ2n) is 3.19. The summed E-state index contributed by atoms with van der Waals surface area (Å²) in [6.07, 6.45) is 2.18. The first-order valence-corrected chi connectivity index (χ1v) is 6.35. The molecule has 0 amide bonds. The number of halogens is 2. The van der Waals surface area contributed by atoms with Crippen LogP contribution in [0.1, 0.15) is 10.4 Å². The van der Waals surface area contributed by atoms with E-state index >= 15 is 0 Å². The molecule has 0 spiro atoms. The highest BCUT2D eigenvalue weighted by Gasteiger charge is 2.09. The van der Waals surface area contributed by atoms with Crippen molar-refractivity contribution in [1.82, 2.24) is 4.98 Å². The number of rotatable bonds is 3. The van der Waals surface area contributed by atoms with Gasteiger partial charge in [0.05, 0.1) is 5.56 Å². The number of hydrogen-bond acceptors (Lipinski definition) is 3. The third kappa shape index (κ3) is 2.92. The zero-order valence-corrected chi connectivity index (χ0v) is 11.0. The topological polar surface area (TPSA) is 30.0 Å². The minimum Gasteiger partial charge on any atom is -0.298 e. The van der Waals surface area contributed by atoms with Crippen molar-refractivity contribution in [1.29, 1.82) is 0 Å². The Bertz CT molecular complexity index is 545. The Hall–Kier alpha value is -1.20. The molecule has 1 heterocycles. The predicted octanol–water partition coefficient (Wildman–Crippen LogP) is 3.95. The molecule has 1 aromatic carbocycles. The molecule has 0 aliphatic heterocycles. The molecule has 0 fully saturated rings. The summed E-state index contributed by atoms with van der Waals surface area (Å²) < 4.78 is 14.2. The van der Waals surface area contributed by atoms with Crippen LogP contribution >= 0.6 is 27.7 Å². The molecule has 17 heavy (non-hydrogen) atoms. The van der Waals surface area contributed by atoms with Gasteiger partial charge in [-0.2, -0.15) is 0 Å². The molecule has 0 saturated carbocycles. The van der Waals surface area contributed by atoms with E-state index in [4.69, 9.17) is 0 Å². The quantitative estimate of drug-likeness (QED) is 0.804. The van der Waals surface area contributed by atoms with Crippen LogP contribution in [0, 0.1) is 5.82 Å². The maximum Gasteiger partial charge on any atom is 0.154 e. The molecule has 0 saturated heterocycles. The summed E-state index contributed by atoms with van der Waals surface area (Å²) in [5, 5.41) is 0.710. The van der Waals surface area contributed by atoms with Crippen LogP contribution < -0.4 is 0 Å². The fraction of sp³-hybridized carbons (Fsp3) is 0. The fourth-order valence-corrected chi connectivity index (χ4v) is 2.36. The molecule has 0 N–H and O–H groups in total. The average molecular weight is 312 g/mol. The van der Waals surface area contributed by atoms with Crippen LogP contribution in [0.3, 0.4) is 0 Å². The van der Waals surface area contributed by atoms with Crippen LogP contribution in [0.15, 0.2) is 50.9 Å². The third-order valence-electron chi connectivity index (χ3n) is 2.05. The number of carbonyl (C=O) groups excluding carboxylic acids is 1. The number of carbonyl (C=O) groups is 1. The van der Waals surface area contributed by atoms with E-state index in [2.05, 4.69) is 20.9 Å². The van der Waals surface area contributed by atoms with Crippen LogP contribution in [0.2, 0.25) is 0 Å². The van der Waals surface area contributed by atoms with Gasteiger partial charge in [0.2, 0.25) is 0 Å². The standard InChI is InChI=1S/C12H7BrFNOS/c13-8-4-5-12(15-6-8)17-11-3-1-2-10(14)9(11)7-16/h1-7H. The molecule has 86 valence electrons.